The molecular weight excluding hydrogens is 507 g/mol. The number of nitrogen functional groups attached to an aromatic ring is 1. The zero-order valence-corrected chi connectivity index (χ0v) is 18.1. The summed E-state index contributed by atoms with van der Waals surface area (Å²) in [5.41, 5.74) is 4.82. The molecule has 1 saturated heterocycles. The Labute approximate surface area is 176 Å². The topological polar surface area (TPSA) is 290 Å². The number of phosphoric acid groups is 3. The summed E-state index contributed by atoms with van der Waals surface area (Å²) in [6, 6.07) is 0. The predicted molar refractivity (Wildman–Crippen MR) is 96.2 cm³/mol. The third-order valence-corrected chi connectivity index (χ3v) is 7.73. The number of aromatic nitrogens is 4. The van der Waals surface area contributed by atoms with Crippen LogP contribution in [0, 0.1) is 0 Å². The van der Waals surface area contributed by atoms with Crippen LogP contribution in [0.25, 0.3) is 5.78 Å². The van der Waals surface area contributed by atoms with Gasteiger partial charge in [0.1, 0.15) is 30.7 Å². The SMILES string of the molecule is Nc1nc2n(cc[n+]2[C@@H]2O[C@H](COP(=O)(O)OP(=O)(O)OP(=O)(O)O)[C@@H](O)[C@H]2O)c(=O)[nH]1. The fourth-order valence-electron chi connectivity index (χ4n) is 2.74. The van der Waals surface area contributed by atoms with E-state index in [9.17, 15) is 33.6 Å². The highest BCUT2D eigenvalue weighted by Crippen LogP contribution is 2.66. The molecule has 0 spiro atoms. The second-order valence-corrected chi connectivity index (χ2v) is 10.7. The molecule has 6 atom stereocenters. The molecule has 0 amide bonds. The van der Waals surface area contributed by atoms with Crippen LogP contribution in [0.1, 0.15) is 6.23 Å². The van der Waals surface area contributed by atoms with Crippen LogP contribution in [-0.2, 0) is 31.6 Å². The molecule has 1 fully saturated rings. The Balaban J connectivity index is 1.72. The lowest BCUT2D eigenvalue weighted by molar-refractivity contribution is -0.745. The van der Waals surface area contributed by atoms with Gasteiger partial charge in [-0.05, 0) is 4.98 Å². The van der Waals surface area contributed by atoms with E-state index in [-0.39, 0.29) is 11.7 Å². The third kappa shape index (κ3) is 5.67. The van der Waals surface area contributed by atoms with Crippen molar-refractivity contribution in [3.63, 3.8) is 0 Å². The predicted octanol–water partition coefficient (Wildman–Crippen LogP) is -3.15. The number of phosphoric ester groups is 1. The number of anilines is 1. The second-order valence-electron chi connectivity index (χ2n) is 6.24. The van der Waals surface area contributed by atoms with E-state index in [1.54, 1.807) is 0 Å². The van der Waals surface area contributed by atoms with Crippen LogP contribution >= 0.6 is 23.5 Å². The summed E-state index contributed by atoms with van der Waals surface area (Å²) < 4.78 is 52.8. The minimum atomic E-state index is -5.73. The summed E-state index contributed by atoms with van der Waals surface area (Å²) in [4.78, 5) is 53.6. The number of H-pyrrole nitrogens is 1. The van der Waals surface area contributed by atoms with Crippen LogP contribution in [0.5, 0.6) is 0 Å². The van der Waals surface area contributed by atoms with Gasteiger partial charge in [0, 0.05) is 0 Å². The Kier molecular flexibility index (Phi) is 6.78. The van der Waals surface area contributed by atoms with E-state index >= 15 is 0 Å². The minimum Gasteiger partial charge on any atom is -0.387 e. The highest BCUT2D eigenvalue weighted by molar-refractivity contribution is 7.66. The number of ether oxygens (including phenoxy) is 1. The van der Waals surface area contributed by atoms with Crippen LogP contribution in [0.4, 0.5) is 5.95 Å². The number of nitrogens with zero attached hydrogens (tertiary/aromatic N) is 3. The van der Waals surface area contributed by atoms with Gasteiger partial charge in [-0.25, -0.2) is 28.0 Å². The van der Waals surface area contributed by atoms with Crippen molar-refractivity contribution in [3.05, 3.63) is 22.9 Å². The summed E-state index contributed by atoms with van der Waals surface area (Å²) in [6.45, 7) is -0.999. The molecular formula is C10H17N5O14P3+. The van der Waals surface area contributed by atoms with E-state index in [1.165, 1.54) is 12.4 Å². The standard InChI is InChI=1S/C10H16N5O14P3/c11-8-12-9-14(1-2-15(9)10(18)13-8)7-6(17)5(16)4(27-7)3-26-31(22,23)29-32(24,25)28-30(19,20)21/h1-2,4-7,16-17H,3H2,(H6,11,13,18,19,20,21,22,23,24,25)/p+1/t4-,5-,6-,7-/m1/s1. The average Bonchev–Trinajstić information content (AvgIpc) is 3.12. The maximum Gasteiger partial charge on any atom is 0.490 e. The van der Waals surface area contributed by atoms with E-state index in [0.29, 0.717) is 0 Å². The molecule has 2 aromatic rings. The van der Waals surface area contributed by atoms with Crippen molar-refractivity contribution in [3.8, 4) is 0 Å². The van der Waals surface area contributed by atoms with Gasteiger partial charge >= 0.3 is 34.9 Å². The van der Waals surface area contributed by atoms with Crippen molar-refractivity contribution in [2.24, 2.45) is 0 Å². The normalized spacial score (nSPS) is 27.9. The smallest absolute Gasteiger partial charge is 0.387 e. The van der Waals surface area contributed by atoms with Gasteiger partial charge in [-0.2, -0.15) is 8.62 Å². The molecule has 1 aliphatic heterocycles. The number of aromatic amines is 1. The molecule has 2 aromatic heterocycles. The Morgan fingerprint density at radius 2 is 1.81 bits per heavy atom. The molecule has 3 heterocycles. The number of nitrogens with two attached hydrogens (primary N) is 1. The Morgan fingerprint density at radius 1 is 1.16 bits per heavy atom. The van der Waals surface area contributed by atoms with E-state index in [4.69, 9.17) is 25.2 Å². The number of aliphatic hydroxyl groups excluding tert-OH is 2. The molecule has 0 aromatic carbocycles. The fourth-order valence-corrected chi connectivity index (χ4v) is 5.77. The molecule has 22 heteroatoms. The summed E-state index contributed by atoms with van der Waals surface area (Å²) in [5.74, 6) is -0.344. The lowest BCUT2D eigenvalue weighted by atomic mass is 10.1. The lowest BCUT2D eigenvalue weighted by Crippen LogP contribution is -2.46. The zero-order valence-electron chi connectivity index (χ0n) is 15.4. The van der Waals surface area contributed by atoms with Gasteiger partial charge in [0.05, 0.1) is 6.61 Å². The number of rotatable bonds is 8. The number of aliphatic hydroxyl groups is 2. The van der Waals surface area contributed by atoms with Crippen molar-refractivity contribution in [1.82, 2.24) is 14.4 Å². The minimum absolute atomic E-state index is 0.0870. The van der Waals surface area contributed by atoms with Gasteiger partial charge in [0.25, 0.3) is 5.95 Å². The van der Waals surface area contributed by atoms with Gasteiger partial charge in [0.15, 0.2) is 0 Å². The molecule has 1 aliphatic rings. The van der Waals surface area contributed by atoms with Crippen LogP contribution in [0.2, 0.25) is 0 Å². The molecule has 2 unspecified atom stereocenters. The molecule has 3 rings (SSSR count). The van der Waals surface area contributed by atoms with Crippen LogP contribution in [0.3, 0.4) is 0 Å². The van der Waals surface area contributed by atoms with E-state index in [1.807, 2.05) is 0 Å². The summed E-state index contributed by atoms with van der Waals surface area (Å²) in [7, 11) is -16.8. The number of hydrogen-bond acceptors (Lipinski definition) is 12. The zero-order chi connectivity index (χ0) is 24.1. The first-order valence-electron chi connectivity index (χ1n) is 8.16. The first-order chi connectivity index (χ1) is 14.6. The molecule has 32 heavy (non-hydrogen) atoms. The molecule has 9 N–H and O–H groups in total. The van der Waals surface area contributed by atoms with Crippen molar-refractivity contribution in [2.75, 3.05) is 12.3 Å². The summed E-state index contributed by atoms with van der Waals surface area (Å²) >= 11 is 0. The van der Waals surface area contributed by atoms with Crippen molar-refractivity contribution < 1.29 is 65.9 Å². The van der Waals surface area contributed by atoms with Crippen molar-refractivity contribution in [2.45, 2.75) is 24.5 Å². The maximum atomic E-state index is 11.9. The lowest BCUT2D eigenvalue weighted by Gasteiger charge is -2.18. The quantitative estimate of drug-likeness (QED) is 0.125. The van der Waals surface area contributed by atoms with Crippen LogP contribution in [-0.4, -0.2) is 69.1 Å². The molecule has 180 valence electrons. The average molecular weight is 524 g/mol. The monoisotopic (exact) mass is 524 g/mol. The highest BCUT2D eigenvalue weighted by atomic mass is 31.3. The van der Waals surface area contributed by atoms with Crippen LogP contribution in [0.15, 0.2) is 17.2 Å². The summed E-state index contributed by atoms with van der Waals surface area (Å²) in [6.07, 6.45) is -3.76. The largest absolute Gasteiger partial charge is 0.490 e. The van der Waals surface area contributed by atoms with E-state index in [2.05, 4.69) is 23.1 Å². The van der Waals surface area contributed by atoms with Gasteiger partial charge in [-0.15, -0.1) is 4.40 Å². The van der Waals surface area contributed by atoms with E-state index in [0.717, 1.165) is 8.97 Å². The van der Waals surface area contributed by atoms with Gasteiger partial charge < -0.3 is 40.3 Å². The number of nitrogens with one attached hydrogen (secondary N) is 1. The Bertz CT molecular complexity index is 1210. The van der Waals surface area contributed by atoms with Gasteiger partial charge in [0.2, 0.25) is 6.23 Å². The maximum absolute atomic E-state index is 11.9. The van der Waals surface area contributed by atoms with E-state index < -0.39 is 60.3 Å². The first kappa shape index (κ1) is 25.1. The van der Waals surface area contributed by atoms with Crippen molar-refractivity contribution in [1.29, 1.82) is 0 Å². The van der Waals surface area contributed by atoms with Crippen LogP contribution < -0.4 is 16.0 Å². The Morgan fingerprint density at radius 3 is 2.44 bits per heavy atom. The van der Waals surface area contributed by atoms with Gasteiger partial charge in [-0.1, -0.05) is 0 Å². The number of fused-ring (bicyclic) bond motifs is 1. The second kappa shape index (κ2) is 8.66. The molecule has 0 radical (unpaired) electrons. The number of hydrogen-bond donors (Lipinski definition) is 8. The molecule has 0 bridgehead atoms. The van der Waals surface area contributed by atoms with Gasteiger partial charge in [-0.3, -0.25) is 4.52 Å². The van der Waals surface area contributed by atoms with Crippen molar-refractivity contribution >= 4 is 35.2 Å². The molecule has 0 saturated carbocycles. The molecule has 19 nitrogen and oxygen atoms in total. The first-order valence-corrected chi connectivity index (χ1v) is 12.7. The highest BCUT2D eigenvalue weighted by Gasteiger charge is 2.48. The fraction of sp³-hybridized carbons (Fsp3) is 0.500. The number of imidazole rings is 1. The summed E-state index contributed by atoms with van der Waals surface area (Å²) in [5, 5.41) is 20.4. The third-order valence-electron chi connectivity index (χ3n) is 3.93. The Hall–Kier alpha value is -1.56. The molecule has 0 aliphatic carbocycles.